The van der Waals surface area contributed by atoms with E-state index in [4.69, 9.17) is 10.5 Å². The first-order chi connectivity index (χ1) is 11.3. The van der Waals surface area contributed by atoms with E-state index in [1.165, 1.54) is 23.0 Å². The molecule has 0 spiro atoms. The van der Waals surface area contributed by atoms with Crippen molar-refractivity contribution in [3.63, 3.8) is 0 Å². The van der Waals surface area contributed by atoms with Gasteiger partial charge in [-0.3, -0.25) is 4.68 Å². The summed E-state index contributed by atoms with van der Waals surface area (Å²) < 4.78 is 2.05. The third kappa shape index (κ3) is 3.25. The molecule has 5 heteroatoms. The fraction of sp³-hybridized carbons (Fsp3) is 0.278. The minimum Gasteiger partial charge on any atom is -0.382 e. The Morgan fingerprint density at radius 1 is 1.30 bits per heavy atom. The van der Waals surface area contributed by atoms with Crippen molar-refractivity contribution in [3.8, 4) is 12.1 Å². The van der Waals surface area contributed by atoms with Crippen molar-refractivity contribution < 1.29 is 0 Å². The van der Waals surface area contributed by atoms with Crippen LogP contribution < -0.4 is 5.32 Å². The maximum absolute atomic E-state index is 8.82. The molecule has 3 rings (SSSR count). The van der Waals surface area contributed by atoms with Crippen molar-refractivity contribution in [2.24, 2.45) is 0 Å². The second-order valence-corrected chi connectivity index (χ2v) is 5.58. The molecule has 0 fully saturated rings. The molecule has 0 unspecified atom stereocenters. The van der Waals surface area contributed by atoms with Gasteiger partial charge in [0.25, 0.3) is 0 Å². The fourth-order valence-corrected chi connectivity index (χ4v) is 2.96. The first-order valence-corrected chi connectivity index (χ1v) is 7.66. The summed E-state index contributed by atoms with van der Waals surface area (Å²) in [5, 5.41) is 25.4. The van der Waals surface area contributed by atoms with Crippen molar-refractivity contribution in [2.75, 3.05) is 0 Å². The summed E-state index contributed by atoms with van der Waals surface area (Å²) in [6.45, 7) is 0.764. The zero-order chi connectivity index (χ0) is 16.1. The summed E-state index contributed by atoms with van der Waals surface area (Å²) in [4.78, 5) is 0. The van der Waals surface area contributed by atoms with Crippen molar-refractivity contribution in [3.05, 3.63) is 65.1 Å². The zero-order valence-electron chi connectivity index (χ0n) is 12.7. The lowest BCUT2D eigenvalue weighted by atomic mass is 9.93. The summed E-state index contributed by atoms with van der Waals surface area (Å²) in [5.41, 5.74) is 3.72. The van der Waals surface area contributed by atoms with Crippen molar-refractivity contribution in [1.82, 2.24) is 15.1 Å². The normalized spacial score (nSPS) is 15.8. The summed E-state index contributed by atoms with van der Waals surface area (Å²) >= 11 is 0. The number of benzene rings is 1. The quantitative estimate of drug-likeness (QED) is 0.881. The van der Waals surface area contributed by atoms with Crippen LogP contribution in [-0.4, -0.2) is 9.78 Å². The Morgan fingerprint density at radius 2 is 2.09 bits per heavy atom. The highest BCUT2D eigenvalue weighted by molar-refractivity contribution is 5.35. The van der Waals surface area contributed by atoms with Crippen LogP contribution in [0.3, 0.4) is 0 Å². The third-order valence-electron chi connectivity index (χ3n) is 4.11. The van der Waals surface area contributed by atoms with Gasteiger partial charge in [0, 0.05) is 17.5 Å². The number of rotatable bonds is 4. The molecule has 1 atom stereocenters. The molecule has 1 aromatic carbocycles. The molecule has 0 bridgehead atoms. The smallest absolute Gasteiger partial charge is 0.145 e. The van der Waals surface area contributed by atoms with Gasteiger partial charge in [-0.05, 0) is 24.8 Å². The van der Waals surface area contributed by atoms with Gasteiger partial charge >= 0.3 is 0 Å². The van der Waals surface area contributed by atoms with E-state index in [1.54, 1.807) is 0 Å². The standard InChI is InChI=1S/C18H17N5/c19-9-15(10-20)11-21-17-7-4-8-18-16(17)12-22-23(18)13-14-5-2-1-3-6-14/h1-3,5-6,11-12,17,21H,4,7-8,13H2/t17-/m1/s1. The van der Waals surface area contributed by atoms with Gasteiger partial charge in [0.05, 0.1) is 18.8 Å². The highest BCUT2D eigenvalue weighted by atomic mass is 15.3. The SMILES string of the molecule is N#CC(C#N)=CN[C@@H]1CCCc2c1cnn2Cc1ccccc1. The second-order valence-electron chi connectivity index (χ2n) is 5.58. The molecule has 1 aliphatic carbocycles. The number of aromatic nitrogens is 2. The van der Waals surface area contributed by atoms with Gasteiger partial charge in [-0.1, -0.05) is 30.3 Å². The van der Waals surface area contributed by atoms with Crippen LogP contribution in [-0.2, 0) is 13.0 Å². The highest BCUT2D eigenvalue weighted by Crippen LogP contribution is 2.30. The van der Waals surface area contributed by atoms with Gasteiger partial charge in [-0.15, -0.1) is 0 Å². The Morgan fingerprint density at radius 3 is 2.83 bits per heavy atom. The Bertz CT molecular complexity index is 773. The number of nitriles is 2. The fourth-order valence-electron chi connectivity index (χ4n) is 2.96. The summed E-state index contributed by atoms with van der Waals surface area (Å²) in [6.07, 6.45) is 6.46. The molecule has 2 aromatic rings. The number of nitrogens with one attached hydrogen (secondary N) is 1. The third-order valence-corrected chi connectivity index (χ3v) is 4.11. The number of hydrogen-bond acceptors (Lipinski definition) is 4. The molecule has 5 nitrogen and oxygen atoms in total. The van der Waals surface area contributed by atoms with E-state index >= 15 is 0 Å². The molecule has 1 N–H and O–H groups in total. The van der Waals surface area contributed by atoms with E-state index in [0.717, 1.165) is 25.8 Å². The van der Waals surface area contributed by atoms with E-state index in [9.17, 15) is 0 Å². The molecule has 23 heavy (non-hydrogen) atoms. The van der Waals surface area contributed by atoms with Crippen molar-refractivity contribution in [2.45, 2.75) is 31.8 Å². The molecule has 0 aliphatic heterocycles. The molecule has 1 aliphatic rings. The van der Waals surface area contributed by atoms with E-state index in [0.29, 0.717) is 0 Å². The summed E-state index contributed by atoms with van der Waals surface area (Å²) in [5.74, 6) is 0. The molecular weight excluding hydrogens is 286 g/mol. The number of nitrogens with zero attached hydrogens (tertiary/aromatic N) is 4. The van der Waals surface area contributed by atoms with Crippen LogP contribution in [0.5, 0.6) is 0 Å². The molecular formula is C18H17N5. The number of fused-ring (bicyclic) bond motifs is 1. The van der Waals surface area contributed by atoms with Crippen LogP contribution in [0.1, 0.15) is 35.7 Å². The van der Waals surface area contributed by atoms with Gasteiger partial charge < -0.3 is 5.32 Å². The second kappa shape index (κ2) is 6.81. The monoisotopic (exact) mass is 303 g/mol. The highest BCUT2D eigenvalue weighted by Gasteiger charge is 2.23. The molecule has 0 amide bonds. The molecule has 114 valence electrons. The van der Waals surface area contributed by atoms with Crippen LogP contribution in [0.2, 0.25) is 0 Å². The van der Waals surface area contributed by atoms with Crippen LogP contribution in [0.15, 0.2) is 48.3 Å². The molecule has 0 saturated heterocycles. The molecule has 0 saturated carbocycles. The van der Waals surface area contributed by atoms with Crippen molar-refractivity contribution in [1.29, 1.82) is 10.5 Å². The largest absolute Gasteiger partial charge is 0.382 e. The van der Waals surface area contributed by atoms with Crippen LogP contribution in [0.4, 0.5) is 0 Å². The lowest BCUT2D eigenvalue weighted by Gasteiger charge is -2.23. The minimum atomic E-state index is 0.0915. The van der Waals surface area contributed by atoms with Gasteiger partial charge in [-0.25, -0.2) is 0 Å². The first kappa shape index (κ1) is 14.9. The summed E-state index contributed by atoms with van der Waals surface area (Å²) in [7, 11) is 0. The van der Waals surface area contributed by atoms with Gasteiger partial charge in [-0.2, -0.15) is 15.6 Å². The lowest BCUT2D eigenvalue weighted by molar-refractivity contribution is 0.494. The van der Waals surface area contributed by atoms with Gasteiger partial charge in [0.1, 0.15) is 17.7 Å². The summed E-state index contributed by atoms with van der Waals surface area (Å²) in [6, 6.07) is 14.1. The molecule has 1 aromatic heterocycles. The van der Waals surface area contributed by atoms with E-state index in [1.807, 2.05) is 36.5 Å². The van der Waals surface area contributed by atoms with E-state index in [2.05, 4.69) is 27.2 Å². The molecule has 1 heterocycles. The van der Waals surface area contributed by atoms with E-state index in [-0.39, 0.29) is 11.6 Å². The van der Waals surface area contributed by atoms with Crippen LogP contribution in [0.25, 0.3) is 0 Å². The minimum absolute atomic E-state index is 0.0915. The Labute approximate surface area is 135 Å². The molecule has 0 radical (unpaired) electrons. The van der Waals surface area contributed by atoms with E-state index < -0.39 is 0 Å². The Kier molecular flexibility index (Phi) is 4.40. The van der Waals surface area contributed by atoms with Crippen LogP contribution >= 0.6 is 0 Å². The lowest BCUT2D eigenvalue weighted by Crippen LogP contribution is -2.22. The topological polar surface area (TPSA) is 77.4 Å². The average molecular weight is 303 g/mol. The zero-order valence-corrected chi connectivity index (χ0v) is 12.7. The predicted molar refractivity (Wildman–Crippen MR) is 85.9 cm³/mol. The predicted octanol–water partition coefficient (Wildman–Crippen LogP) is 2.83. The maximum atomic E-state index is 8.82. The van der Waals surface area contributed by atoms with Gasteiger partial charge in [0.2, 0.25) is 0 Å². The van der Waals surface area contributed by atoms with Crippen LogP contribution in [0, 0.1) is 22.7 Å². The number of allylic oxidation sites excluding steroid dienone is 1. The number of hydrogen-bond donors (Lipinski definition) is 1. The van der Waals surface area contributed by atoms with Gasteiger partial charge in [0.15, 0.2) is 0 Å². The Balaban J connectivity index is 1.80. The Hall–Kier alpha value is -3.05. The maximum Gasteiger partial charge on any atom is 0.145 e. The average Bonchev–Trinajstić information content (AvgIpc) is 3.00. The van der Waals surface area contributed by atoms with Crippen molar-refractivity contribution >= 4 is 0 Å². The first-order valence-electron chi connectivity index (χ1n) is 7.66.